The number of rotatable bonds is 5. The number of carbonyl (C=O) groups is 2. The van der Waals surface area contributed by atoms with Crippen molar-refractivity contribution in [2.75, 3.05) is 13.7 Å². The van der Waals surface area contributed by atoms with E-state index in [2.05, 4.69) is 21.2 Å². The minimum Gasteiger partial charge on any atom is -0.496 e. The number of esters is 1. The molecule has 6 heteroatoms. The lowest BCUT2D eigenvalue weighted by atomic mass is 9.75. The van der Waals surface area contributed by atoms with Crippen molar-refractivity contribution >= 4 is 27.7 Å². The second kappa shape index (κ2) is 8.30. The van der Waals surface area contributed by atoms with E-state index in [1.54, 1.807) is 7.11 Å². The monoisotopic (exact) mass is 433 g/mol. The number of benzene rings is 1. The third-order valence-corrected chi connectivity index (χ3v) is 5.56. The number of allylic oxidation sites excluding steroid dienone is 3. The van der Waals surface area contributed by atoms with Gasteiger partial charge in [0.05, 0.1) is 23.8 Å². The Bertz CT molecular complexity index is 841. The first-order valence-electron chi connectivity index (χ1n) is 9.22. The molecular weight excluding hydrogens is 410 g/mol. The Labute approximate surface area is 167 Å². The Kier molecular flexibility index (Phi) is 6.05. The van der Waals surface area contributed by atoms with Crippen molar-refractivity contribution in [3.8, 4) is 5.75 Å². The van der Waals surface area contributed by atoms with Gasteiger partial charge in [-0.1, -0.05) is 13.0 Å². The fraction of sp³-hybridized carbons (Fsp3) is 0.429. The van der Waals surface area contributed by atoms with Gasteiger partial charge in [-0.25, -0.2) is 4.79 Å². The van der Waals surface area contributed by atoms with E-state index in [-0.39, 0.29) is 11.8 Å². The smallest absolute Gasteiger partial charge is 0.336 e. The summed E-state index contributed by atoms with van der Waals surface area (Å²) in [5, 5.41) is 3.29. The van der Waals surface area contributed by atoms with Crippen molar-refractivity contribution in [1.82, 2.24) is 5.32 Å². The van der Waals surface area contributed by atoms with Gasteiger partial charge in [0.1, 0.15) is 5.75 Å². The summed E-state index contributed by atoms with van der Waals surface area (Å²) in [7, 11) is 1.60. The number of halogens is 1. The largest absolute Gasteiger partial charge is 0.496 e. The first-order chi connectivity index (χ1) is 13.0. The summed E-state index contributed by atoms with van der Waals surface area (Å²) in [6.45, 7) is 4.18. The Morgan fingerprint density at radius 3 is 2.78 bits per heavy atom. The highest BCUT2D eigenvalue weighted by Crippen LogP contribution is 2.43. The molecule has 0 aromatic heterocycles. The van der Waals surface area contributed by atoms with E-state index in [0.717, 1.165) is 40.7 Å². The molecule has 1 aliphatic heterocycles. The molecule has 1 aromatic carbocycles. The van der Waals surface area contributed by atoms with Gasteiger partial charge in [-0.2, -0.15) is 0 Å². The second-order valence-corrected chi connectivity index (χ2v) is 7.65. The summed E-state index contributed by atoms with van der Waals surface area (Å²) in [6.07, 6.45) is 2.89. The molecule has 1 aliphatic carbocycles. The molecule has 1 heterocycles. The van der Waals surface area contributed by atoms with Gasteiger partial charge >= 0.3 is 5.97 Å². The van der Waals surface area contributed by atoms with Crippen LogP contribution in [0.2, 0.25) is 0 Å². The van der Waals surface area contributed by atoms with E-state index in [4.69, 9.17) is 9.47 Å². The molecule has 0 radical (unpaired) electrons. The zero-order valence-corrected chi connectivity index (χ0v) is 17.4. The molecule has 1 N–H and O–H groups in total. The third-order valence-electron chi connectivity index (χ3n) is 4.94. The Balaban J connectivity index is 2.13. The van der Waals surface area contributed by atoms with Crippen LogP contribution in [0.4, 0.5) is 0 Å². The molecule has 0 bridgehead atoms. The predicted octanol–water partition coefficient (Wildman–Crippen LogP) is 4.38. The van der Waals surface area contributed by atoms with E-state index in [1.165, 1.54) is 0 Å². The van der Waals surface area contributed by atoms with Gasteiger partial charge in [-0.3, -0.25) is 4.79 Å². The lowest BCUT2D eigenvalue weighted by Gasteiger charge is -2.34. The maximum atomic E-state index is 12.8. The van der Waals surface area contributed by atoms with Crippen LogP contribution < -0.4 is 10.1 Å². The summed E-state index contributed by atoms with van der Waals surface area (Å²) in [6, 6.07) is 5.67. The Morgan fingerprint density at radius 2 is 2.11 bits per heavy atom. The van der Waals surface area contributed by atoms with Crippen molar-refractivity contribution in [3.63, 3.8) is 0 Å². The third kappa shape index (κ3) is 3.81. The van der Waals surface area contributed by atoms with E-state index in [1.807, 2.05) is 32.0 Å². The van der Waals surface area contributed by atoms with Crippen molar-refractivity contribution < 1.29 is 19.1 Å². The molecule has 1 atom stereocenters. The molecule has 27 heavy (non-hydrogen) atoms. The van der Waals surface area contributed by atoms with E-state index >= 15 is 0 Å². The highest BCUT2D eigenvalue weighted by Gasteiger charge is 2.39. The predicted molar refractivity (Wildman–Crippen MR) is 106 cm³/mol. The first-order valence-corrected chi connectivity index (χ1v) is 10.0. The van der Waals surface area contributed by atoms with Gasteiger partial charge in [0, 0.05) is 29.3 Å². The molecule has 0 saturated heterocycles. The Hall–Kier alpha value is -2.08. The lowest BCUT2D eigenvalue weighted by molar-refractivity contribution is -0.139. The van der Waals surface area contributed by atoms with Gasteiger partial charge in [0.25, 0.3) is 0 Å². The van der Waals surface area contributed by atoms with Crippen LogP contribution >= 0.6 is 15.9 Å². The SMILES string of the molecule is CCCOC(=O)C1=C(C)NC2=C(C(=O)CCC2)C1c1ccc(OC)c(Br)c1. The molecule has 0 spiro atoms. The number of ketones is 1. The van der Waals surface area contributed by atoms with Gasteiger partial charge in [0.2, 0.25) is 0 Å². The number of nitrogens with one attached hydrogen (secondary N) is 1. The number of hydrogen-bond acceptors (Lipinski definition) is 5. The van der Waals surface area contributed by atoms with Crippen LogP contribution in [0.15, 0.2) is 45.2 Å². The van der Waals surface area contributed by atoms with Crippen LogP contribution in [0.3, 0.4) is 0 Å². The number of methoxy groups -OCH3 is 1. The second-order valence-electron chi connectivity index (χ2n) is 6.80. The van der Waals surface area contributed by atoms with Crippen molar-refractivity contribution in [1.29, 1.82) is 0 Å². The Morgan fingerprint density at radius 1 is 1.33 bits per heavy atom. The first kappa shape index (κ1) is 19.7. The zero-order chi connectivity index (χ0) is 19.6. The average molecular weight is 434 g/mol. The summed E-state index contributed by atoms with van der Waals surface area (Å²) in [4.78, 5) is 25.7. The molecule has 1 aromatic rings. The summed E-state index contributed by atoms with van der Waals surface area (Å²) >= 11 is 3.52. The summed E-state index contributed by atoms with van der Waals surface area (Å²) < 4.78 is 11.5. The average Bonchev–Trinajstić information content (AvgIpc) is 2.65. The van der Waals surface area contributed by atoms with Crippen molar-refractivity contribution in [3.05, 3.63) is 50.8 Å². The van der Waals surface area contributed by atoms with Crippen molar-refractivity contribution in [2.24, 2.45) is 0 Å². The zero-order valence-electron chi connectivity index (χ0n) is 15.9. The normalized spacial score (nSPS) is 19.6. The standard InChI is InChI=1S/C21H24BrNO4/c1-4-10-27-21(25)18-12(2)23-15-6-5-7-16(24)20(15)19(18)13-8-9-17(26-3)14(22)11-13/h8-9,11,19,23H,4-7,10H2,1-3H3. The maximum absolute atomic E-state index is 12.8. The van der Waals surface area contributed by atoms with E-state index < -0.39 is 5.92 Å². The molecule has 0 saturated carbocycles. The fourth-order valence-electron chi connectivity index (χ4n) is 3.72. The van der Waals surface area contributed by atoms with Gasteiger partial charge in [-0.05, 0) is 59.8 Å². The van der Waals surface area contributed by atoms with E-state index in [9.17, 15) is 9.59 Å². The molecule has 3 rings (SSSR count). The van der Waals surface area contributed by atoms with Gasteiger partial charge < -0.3 is 14.8 Å². The molecule has 0 amide bonds. The fourth-order valence-corrected chi connectivity index (χ4v) is 4.28. The number of ether oxygens (including phenoxy) is 2. The van der Waals surface area contributed by atoms with Crippen LogP contribution in [0.1, 0.15) is 51.0 Å². The van der Waals surface area contributed by atoms with E-state index in [0.29, 0.717) is 29.9 Å². The molecule has 0 fully saturated rings. The summed E-state index contributed by atoms with van der Waals surface area (Å²) in [5.74, 6) is -0.00835. The number of dihydropyridines is 1. The highest BCUT2D eigenvalue weighted by atomic mass is 79.9. The molecule has 1 unspecified atom stereocenters. The van der Waals surface area contributed by atoms with Gasteiger partial charge in [-0.15, -0.1) is 0 Å². The minimum absolute atomic E-state index is 0.0917. The molecule has 144 valence electrons. The quantitative estimate of drug-likeness (QED) is 0.697. The van der Waals surface area contributed by atoms with Gasteiger partial charge in [0.15, 0.2) is 5.78 Å². The van der Waals surface area contributed by atoms with Crippen LogP contribution in [0.25, 0.3) is 0 Å². The summed E-state index contributed by atoms with van der Waals surface area (Å²) in [5.41, 5.74) is 3.74. The lowest BCUT2D eigenvalue weighted by Crippen LogP contribution is -2.34. The minimum atomic E-state index is -0.430. The highest BCUT2D eigenvalue weighted by molar-refractivity contribution is 9.10. The van der Waals surface area contributed by atoms with Crippen LogP contribution in [-0.4, -0.2) is 25.5 Å². The van der Waals surface area contributed by atoms with Crippen LogP contribution in [0, 0.1) is 0 Å². The van der Waals surface area contributed by atoms with Crippen LogP contribution in [0.5, 0.6) is 5.75 Å². The van der Waals surface area contributed by atoms with Crippen molar-refractivity contribution in [2.45, 2.75) is 45.4 Å². The topological polar surface area (TPSA) is 64.6 Å². The number of Topliss-reactive ketones (excluding diaryl/α,β-unsaturated/α-hetero) is 1. The number of carbonyl (C=O) groups excluding carboxylic acids is 2. The maximum Gasteiger partial charge on any atom is 0.336 e. The number of hydrogen-bond donors (Lipinski definition) is 1. The molecular formula is C21H24BrNO4. The van der Waals surface area contributed by atoms with Crippen LogP contribution in [-0.2, 0) is 14.3 Å². The molecule has 5 nitrogen and oxygen atoms in total. The molecule has 2 aliphatic rings.